The van der Waals surface area contributed by atoms with E-state index in [2.05, 4.69) is 18.7 Å². The van der Waals surface area contributed by atoms with Crippen LogP contribution in [0.2, 0.25) is 0 Å². The van der Waals surface area contributed by atoms with E-state index in [1.165, 1.54) is 0 Å². The fourth-order valence-corrected chi connectivity index (χ4v) is 3.35. The van der Waals surface area contributed by atoms with Gasteiger partial charge in [0, 0.05) is 38.4 Å². The number of aliphatic hydroxyl groups is 1. The van der Waals surface area contributed by atoms with Crippen LogP contribution in [0.15, 0.2) is 0 Å². The van der Waals surface area contributed by atoms with Crippen molar-refractivity contribution in [2.24, 2.45) is 0 Å². The van der Waals surface area contributed by atoms with Gasteiger partial charge in [0.1, 0.15) is 0 Å². The minimum atomic E-state index is 0.0454. The third-order valence-corrected chi connectivity index (χ3v) is 4.36. The van der Waals surface area contributed by atoms with E-state index < -0.39 is 0 Å². The third-order valence-electron chi connectivity index (χ3n) is 4.36. The van der Waals surface area contributed by atoms with Gasteiger partial charge in [-0.2, -0.15) is 0 Å². The van der Waals surface area contributed by atoms with E-state index in [1.54, 1.807) is 0 Å². The molecule has 1 N–H and O–H groups in total. The summed E-state index contributed by atoms with van der Waals surface area (Å²) < 4.78 is 11.5. The van der Waals surface area contributed by atoms with Crippen LogP contribution in [0.25, 0.3) is 0 Å². The number of aliphatic hydroxyl groups excluding tert-OH is 1. The van der Waals surface area contributed by atoms with Crippen LogP contribution in [0, 0.1) is 0 Å². The van der Waals surface area contributed by atoms with Gasteiger partial charge in [-0.25, -0.2) is 0 Å². The number of ether oxygens (including phenoxy) is 2. The van der Waals surface area contributed by atoms with Gasteiger partial charge in [-0.1, -0.05) is 0 Å². The van der Waals surface area contributed by atoms with Crippen LogP contribution in [-0.4, -0.2) is 60.7 Å². The second-order valence-electron chi connectivity index (χ2n) is 5.85. The number of rotatable bonds is 4. The van der Waals surface area contributed by atoms with Crippen LogP contribution < -0.4 is 0 Å². The molecule has 0 radical (unpaired) electrons. The molecule has 0 aliphatic carbocycles. The van der Waals surface area contributed by atoms with Crippen molar-refractivity contribution in [3.8, 4) is 0 Å². The Kier molecular flexibility index (Phi) is 5.01. The van der Waals surface area contributed by atoms with Gasteiger partial charge in [0.15, 0.2) is 0 Å². The smallest absolute Gasteiger partial charge is 0.0741 e. The van der Waals surface area contributed by atoms with E-state index >= 15 is 0 Å². The number of hydrogen-bond acceptors (Lipinski definition) is 4. The first-order chi connectivity index (χ1) is 8.67. The largest absolute Gasteiger partial charge is 0.395 e. The average molecular weight is 257 g/mol. The molecular formula is C14H27NO3. The molecule has 2 rings (SSSR count). The van der Waals surface area contributed by atoms with Gasteiger partial charge >= 0.3 is 0 Å². The zero-order chi connectivity index (χ0) is 13.0. The normalized spacial score (nSPS) is 28.2. The lowest BCUT2D eigenvalue weighted by Crippen LogP contribution is -2.53. The van der Waals surface area contributed by atoms with Gasteiger partial charge in [0.25, 0.3) is 0 Å². The Labute approximate surface area is 110 Å². The number of hydrogen-bond donors (Lipinski definition) is 1. The van der Waals surface area contributed by atoms with Crippen molar-refractivity contribution in [3.63, 3.8) is 0 Å². The molecular weight excluding hydrogens is 230 g/mol. The van der Waals surface area contributed by atoms with E-state index in [1.807, 2.05) is 0 Å². The Morgan fingerprint density at radius 1 is 1.28 bits per heavy atom. The predicted octanol–water partition coefficient (Wildman–Crippen LogP) is 1.42. The van der Waals surface area contributed by atoms with Gasteiger partial charge < -0.3 is 14.6 Å². The summed E-state index contributed by atoms with van der Waals surface area (Å²) in [5.74, 6) is 0. The molecule has 2 fully saturated rings. The van der Waals surface area contributed by atoms with Gasteiger partial charge in [-0.05, 0) is 39.5 Å². The van der Waals surface area contributed by atoms with Crippen LogP contribution in [0.5, 0.6) is 0 Å². The molecule has 0 aromatic heterocycles. The number of nitrogens with zero attached hydrogens (tertiary/aromatic N) is 1. The average Bonchev–Trinajstić information content (AvgIpc) is 2.36. The third kappa shape index (κ3) is 3.23. The van der Waals surface area contributed by atoms with E-state index in [0.717, 1.165) is 52.0 Å². The fraction of sp³-hybridized carbons (Fsp3) is 1.00. The minimum Gasteiger partial charge on any atom is -0.395 e. The Hall–Kier alpha value is -0.160. The van der Waals surface area contributed by atoms with Crippen molar-refractivity contribution in [2.45, 2.75) is 57.2 Å². The Morgan fingerprint density at radius 2 is 2.00 bits per heavy atom. The van der Waals surface area contributed by atoms with Crippen LogP contribution in [0.1, 0.15) is 39.5 Å². The molecule has 2 aliphatic rings. The molecule has 4 heteroatoms. The van der Waals surface area contributed by atoms with E-state index in [0.29, 0.717) is 12.1 Å². The fourth-order valence-electron chi connectivity index (χ4n) is 3.35. The molecule has 4 nitrogen and oxygen atoms in total. The first-order valence-electron chi connectivity index (χ1n) is 7.25. The van der Waals surface area contributed by atoms with Crippen molar-refractivity contribution < 1.29 is 14.6 Å². The maximum atomic E-state index is 9.23. The summed E-state index contributed by atoms with van der Waals surface area (Å²) >= 11 is 0. The second-order valence-corrected chi connectivity index (χ2v) is 5.85. The van der Waals surface area contributed by atoms with Crippen LogP contribution in [0.4, 0.5) is 0 Å². The molecule has 0 aromatic rings. The Balaban J connectivity index is 1.99. The van der Waals surface area contributed by atoms with Crippen LogP contribution in [-0.2, 0) is 9.47 Å². The monoisotopic (exact) mass is 257 g/mol. The van der Waals surface area contributed by atoms with Crippen LogP contribution >= 0.6 is 0 Å². The zero-order valence-corrected chi connectivity index (χ0v) is 11.7. The molecule has 0 bridgehead atoms. The van der Waals surface area contributed by atoms with Gasteiger partial charge in [0.2, 0.25) is 0 Å². The van der Waals surface area contributed by atoms with Gasteiger partial charge in [0.05, 0.1) is 12.2 Å². The lowest BCUT2D eigenvalue weighted by atomic mass is 9.83. The zero-order valence-electron chi connectivity index (χ0n) is 11.7. The topological polar surface area (TPSA) is 41.9 Å². The van der Waals surface area contributed by atoms with Crippen molar-refractivity contribution >= 4 is 0 Å². The molecule has 0 aromatic carbocycles. The van der Waals surface area contributed by atoms with E-state index in [4.69, 9.17) is 9.47 Å². The first kappa shape index (κ1) is 14.3. The predicted molar refractivity (Wildman–Crippen MR) is 70.7 cm³/mol. The van der Waals surface area contributed by atoms with Crippen molar-refractivity contribution in [2.75, 3.05) is 33.0 Å². The quantitative estimate of drug-likeness (QED) is 0.827. The summed E-state index contributed by atoms with van der Waals surface area (Å²) in [4.78, 5) is 2.43. The summed E-state index contributed by atoms with van der Waals surface area (Å²) in [6, 6.07) is 1.03. The Morgan fingerprint density at radius 3 is 2.61 bits per heavy atom. The standard InChI is InChI=1S/C14H27NO3/c1-12(2)15(6-7-16)13-3-8-18-14(11-13)4-9-17-10-5-14/h12-13,16H,3-11H2,1-2H3. The molecule has 106 valence electrons. The molecule has 2 heterocycles. The minimum absolute atomic E-state index is 0.0454. The van der Waals surface area contributed by atoms with E-state index in [9.17, 15) is 5.11 Å². The van der Waals surface area contributed by atoms with Crippen molar-refractivity contribution in [3.05, 3.63) is 0 Å². The van der Waals surface area contributed by atoms with Crippen LogP contribution in [0.3, 0.4) is 0 Å². The molecule has 2 saturated heterocycles. The summed E-state index contributed by atoms with van der Waals surface area (Å²) in [6.45, 7) is 7.94. The SMILES string of the molecule is CC(C)N(CCO)C1CCOC2(CCOCC2)C1. The summed E-state index contributed by atoms with van der Waals surface area (Å²) in [7, 11) is 0. The summed E-state index contributed by atoms with van der Waals surface area (Å²) in [6.07, 6.45) is 4.22. The first-order valence-corrected chi connectivity index (χ1v) is 7.25. The highest BCUT2D eigenvalue weighted by molar-refractivity contribution is 4.93. The molecule has 1 atom stereocenters. The highest BCUT2D eigenvalue weighted by atomic mass is 16.5. The highest BCUT2D eigenvalue weighted by Gasteiger charge is 2.40. The maximum absolute atomic E-state index is 9.23. The van der Waals surface area contributed by atoms with Gasteiger partial charge in [-0.15, -0.1) is 0 Å². The summed E-state index contributed by atoms with van der Waals surface area (Å²) in [5, 5.41) is 9.23. The van der Waals surface area contributed by atoms with E-state index in [-0.39, 0.29) is 12.2 Å². The molecule has 1 spiro atoms. The second kappa shape index (κ2) is 6.33. The summed E-state index contributed by atoms with van der Waals surface area (Å²) in [5.41, 5.74) is 0.0454. The van der Waals surface area contributed by atoms with Crippen molar-refractivity contribution in [1.82, 2.24) is 4.90 Å². The molecule has 1 unspecified atom stereocenters. The molecule has 0 saturated carbocycles. The van der Waals surface area contributed by atoms with Crippen molar-refractivity contribution in [1.29, 1.82) is 0 Å². The molecule has 18 heavy (non-hydrogen) atoms. The molecule has 0 amide bonds. The Bertz CT molecular complexity index is 246. The lowest BCUT2D eigenvalue weighted by molar-refractivity contribution is -0.154. The lowest BCUT2D eigenvalue weighted by Gasteiger charge is -2.47. The maximum Gasteiger partial charge on any atom is 0.0741 e. The van der Waals surface area contributed by atoms with Gasteiger partial charge in [-0.3, -0.25) is 4.90 Å². The molecule has 2 aliphatic heterocycles. The highest BCUT2D eigenvalue weighted by Crippen LogP contribution is 2.36.